The Morgan fingerprint density at radius 2 is 1.86 bits per heavy atom. The molecule has 0 bridgehead atoms. The molecule has 0 unspecified atom stereocenters. The van der Waals surface area contributed by atoms with E-state index in [9.17, 15) is 14.7 Å². The number of carbonyl (C=O) groups excluding carboxylic acids is 1. The maximum absolute atomic E-state index is 13.4. The fourth-order valence-corrected chi connectivity index (χ4v) is 4.29. The number of nitrogens with one attached hydrogen (secondary N) is 1. The van der Waals surface area contributed by atoms with Crippen LogP contribution in [0.15, 0.2) is 60.9 Å². The van der Waals surface area contributed by atoms with Gasteiger partial charge in [-0.25, -0.2) is 9.78 Å². The van der Waals surface area contributed by atoms with Gasteiger partial charge in [0.05, 0.1) is 12.1 Å². The zero-order valence-corrected chi connectivity index (χ0v) is 19.6. The summed E-state index contributed by atoms with van der Waals surface area (Å²) in [5.41, 5.74) is 4.32. The first-order valence-corrected chi connectivity index (χ1v) is 11.2. The molecule has 0 spiro atoms. The average molecular weight is 469 g/mol. The van der Waals surface area contributed by atoms with E-state index in [-0.39, 0.29) is 17.5 Å². The van der Waals surface area contributed by atoms with Gasteiger partial charge in [-0.1, -0.05) is 24.3 Å². The van der Waals surface area contributed by atoms with Gasteiger partial charge >= 0.3 is 5.97 Å². The van der Waals surface area contributed by atoms with Crippen LogP contribution in [0.25, 0.3) is 22.6 Å². The van der Waals surface area contributed by atoms with Crippen molar-refractivity contribution in [1.82, 2.24) is 19.7 Å². The molecule has 1 aliphatic rings. The zero-order valence-electron chi connectivity index (χ0n) is 19.6. The smallest absolute Gasteiger partial charge is 0.337 e. The predicted octanol–water partition coefficient (Wildman–Crippen LogP) is 4.49. The number of rotatable bonds is 6. The molecule has 0 radical (unpaired) electrons. The zero-order chi connectivity index (χ0) is 24.7. The van der Waals surface area contributed by atoms with E-state index in [1.165, 1.54) is 0 Å². The van der Waals surface area contributed by atoms with E-state index >= 15 is 0 Å². The highest BCUT2D eigenvalue weighted by Gasteiger charge is 2.30. The number of hydrogen-bond donors (Lipinski definition) is 2. The lowest BCUT2D eigenvalue weighted by Gasteiger charge is -2.16. The molecule has 2 N–H and O–H groups in total. The first-order chi connectivity index (χ1) is 16.9. The molecule has 2 aromatic carbocycles. The summed E-state index contributed by atoms with van der Waals surface area (Å²) in [5, 5.41) is 20.7. The van der Waals surface area contributed by atoms with E-state index in [1.807, 2.05) is 54.8 Å². The van der Waals surface area contributed by atoms with E-state index in [0.29, 0.717) is 35.1 Å². The molecule has 1 amide bonds. The van der Waals surface area contributed by atoms with Crippen LogP contribution in [-0.4, -0.2) is 43.8 Å². The van der Waals surface area contributed by atoms with Crippen molar-refractivity contribution in [3.8, 4) is 22.6 Å². The highest BCUT2D eigenvalue weighted by molar-refractivity contribution is 6.10. The van der Waals surface area contributed by atoms with Crippen LogP contribution < -0.4 is 10.2 Å². The van der Waals surface area contributed by atoms with Gasteiger partial charge in [0.1, 0.15) is 17.8 Å². The summed E-state index contributed by atoms with van der Waals surface area (Å²) in [6, 6.07) is 16.5. The van der Waals surface area contributed by atoms with E-state index in [0.717, 1.165) is 16.7 Å². The number of pyridine rings is 1. The maximum atomic E-state index is 13.4. The Morgan fingerprint density at radius 3 is 2.60 bits per heavy atom. The Labute approximate surface area is 202 Å². The monoisotopic (exact) mass is 468 g/mol. The molecule has 2 aromatic heterocycles. The van der Waals surface area contributed by atoms with Gasteiger partial charge in [0.2, 0.25) is 0 Å². The van der Waals surface area contributed by atoms with Crippen LogP contribution in [0.5, 0.6) is 0 Å². The number of hydrogen-bond acceptors (Lipinski definition) is 6. The molecule has 0 saturated carbocycles. The number of amides is 1. The van der Waals surface area contributed by atoms with Gasteiger partial charge in [-0.05, 0) is 60.9 Å². The number of fused-ring (bicyclic) bond motifs is 1. The first kappa shape index (κ1) is 22.3. The van der Waals surface area contributed by atoms with Crippen molar-refractivity contribution < 1.29 is 14.7 Å². The quantitative estimate of drug-likeness (QED) is 0.429. The van der Waals surface area contributed by atoms with Crippen molar-refractivity contribution in [2.75, 3.05) is 17.3 Å². The van der Waals surface area contributed by atoms with Gasteiger partial charge in [-0.2, -0.15) is 0 Å². The lowest BCUT2D eigenvalue weighted by atomic mass is 9.98. The summed E-state index contributed by atoms with van der Waals surface area (Å²) in [4.78, 5) is 31.4. The standard InChI is InChI=1S/C26H24N6O3/c1-15(2)32-14-28-30-24(32)22-5-4-6-23(29-22)31-13-18-8-7-16(11-19(18)25(31)33)17-9-10-21(27-3)20(12-17)26(34)35/h4-12,14-15,27H,13H2,1-3H3,(H,34,35). The number of carboxylic acids is 1. The molecule has 5 rings (SSSR count). The van der Waals surface area contributed by atoms with Crippen LogP contribution in [0, 0.1) is 0 Å². The third kappa shape index (κ3) is 3.90. The number of carbonyl (C=O) groups is 2. The number of nitrogens with zero attached hydrogens (tertiary/aromatic N) is 5. The average Bonchev–Trinajstić information content (AvgIpc) is 3.49. The second kappa shape index (κ2) is 8.68. The van der Waals surface area contributed by atoms with E-state index in [4.69, 9.17) is 4.98 Å². The SMILES string of the molecule is CNc1ccc(-c2ccc3c(c2)C(=O)N(c2cccc(-c4nncn4C(C)C)n2)C3)cc1C(=O)O. The van der Waals surface area contributed by atoms with Crippen LogP contribution in [0.3, 0.4) is 0 Å². The summed E-state index contributed by atoms with van der Waals surface area (Å²) in [6.45, 7) is 4.49. The van der Waals surface area contributed by atoms with Crippen LogP contribution in [0.2, 0.25) is 0 Å². The van der Waals surface area contributed by atoms with Gasteiger partial charge < -0.3 is 15.0 Å². The Hall–Kier alpha value is -4.53. The highest BCUT2D eigenvalue weighted by atomic mass is 16.4. The fraction of sp³-hybridized carbons (Fsp3) is 0.192. The molecule has 0 saturated heterocycles. The molecule has 0 fully saturated rings. The Balaban J connectivity index is 1.47. The molecule has 4 aromatic rings. The predicted molar refractivity (Wildman–Crippen MR) is 133 cm³/mol. The van der Waals surface area contributed by atoms with Gasteiger partial charge in [0.25, 0.3) is 5.91 Å². The molecule has 35 heavy (non-hydrogen) atoms. The van der Waals surface area contributed by atoms with Crippen molar-refractivity contribution in [3.63, 3.8) is 0 Å². The van der Waals surface area contributed by atoms with Crippen LogP contribution in [-0.2, 0) is 6.54 Å². The van der Waals surface area contributed by atoms with Gasteiger partial charge in [0, 0.05) is 24.3 Å². The molecule has 3 heterocycles. The summed E-state index contributed by atoms with van der Waals surface area (Å²) in [6.07, 6.45) is 1.67. The van der Waals surface area contributed by atoms with Crippen molar-refractivity contribution in [2.45, 2.75) is 26.4 Å². The molecule has 0 aliphatic carbocycles. The third-order valence-corrected chi connectivity index (χ3v) is 6.14. The Kier molecular flexibility index (Phi) is 5.52. The van der Waals surface area contributed by atoms with Crippen molar-refractivity contribution in [3.05, 3.63) is 77.6 Å². The van der Waals surface area contributed by atoms with Gasteiger partial charge in [-0.15, -0.1) is 10.2 Å². The molecule has 176 valence electrons. The molecule has 1 aliphatic heterocycles. The second-order valence-corrected chi connectivity index (χ2v) is 8.62. The maximum Gasteiger partial charge on any atom is 0.337 e. The number of aromatic carboxylic acids is 1. The van der Waals surface area contributed by atoms with E-state index in [2.05, 4.69) is 15.5 Å². The van der Waals surface area contributed by atoms with Gasteiger partial charge in [0.15, 0.2) is 5.82 Å². The van der Waals surface area contributed by atoms with Crippen molar-refractivity contribution >= 4 is 23.4 Å². The van der Waals surface area contributed by atoms with Crippen molar-refractivity contribution in [2.24, 2.45) is 0 Å². The summed E-state index contributed by atoms with van der Waals surface area (Å²) >= 11 is 0. The fourth-order valence-electron chi connectivity index (χ4n) is 4.29. The number of aromatic nitrogens is 4. The topological polar surface area (TPSA) is 113 Å². The number of anilines is 2. The van der Waals surface area contributed by atoms with Crippen LogP contribution in [0.1, 0.15) is 46.2 Å². The summed E-state index contributed by atoms with van der Waals surface area (Å²) in [5.74, 6) is 0.0173. The largest absolute Gasteiger partial charge is 0.478 e. The van der Waals surface area contributed by atoms with E-state index in [1.54, 1.807) is 36.5 Å². The highest BCUT2D eigenvalue weighted by Crippen LogP contribution is 2.33. The van der Waals surface area contributed by atoms with Gasteiger partial charge in [-0.3, -0.25) is 9.69 Å². The van der Waals surface area contributed by atoms with Crippen LogP contribution >= 0.6 is 0 Å². The van der Waals surface area contributed by atoms with Crippen molar-refractivity contribution in [1.29, 1.82) is 0 Å². The molecular weight excluding hydrogens is 444 g/mol. The molecular formula is C26H24N6O3. The molecule has 9 nitrogen and oxygen atoms in total. The normalized spacial score (nSPS) is 12.8. The molecule has 9 heteroatoms. The second-order valence-electron chi connectivity index (χ2n) is 8.62. The Morgan fingerprint density at radius 1 is 1.09 bits per heavy atom. The summed E-state index contributed by atoms with van der Waals surface area (Å²) in [7, 11) is 1.68. The summed E-state index contributed by atoms with van der Waals surface area (Å²) < 4.78 is 1.93. The third-order valence-electron chi connectivity index (χ3n) is 6.14. The van der Waals surface area contributed by atoms with Crippen LogP contribution in [0.4, 0.5) is 11.5 Å². The lowest BCUT2D eigenvalue weighted by molar-refractivity contribution is 0.0697. The number of carboxylic acid groups (broad SMARTS) is 1. The first-order valence-electron chi connectivity index (χ1n) is 11.2. The minimum absolute atomic E-state index is 0.151. The number of benzene rings is 2. The minimum atomic E-state index is -1.01. The van der Waals surface area contributed by atoms with E-state index < -0.39 is 5.97 Å². The minimum Gasteiger partial charge on any atom is -0.478 e. The Bertz CT molecular complexity index is 1460. The molecule has 0 atom stereocenters. The lowest BCUT2D eigenvalue weighted by Crippen LogP contribution is -2.24.